The summed E-state index contributed by atoms with van der Waals surface area (Å²) in [6.07, 6.45) is 0.307. The molecule has 3 rings (SSSR count). The smallest absolute Gasteiger partial charge is 0.256 e. The van der Waals surface area contributed by atoms with Gasteiger partial charge >= 0.3 is 0 Å². The van der Waals surface area contributed by atoms with Gasteiger partial charge in [0, 0.05) is 0 Å². The lowest BCUT2D eigenvalue weighted by molar-refractivity contribution is -0.119. The molecule has 126 valence electrons. The Morgan fingerprint density at radius 2 is 1.72 bits per heavy atom. The molecule has 4 nitrogen and oxygen atoms in total. The number of nitrogens with zero attached hydrogens (tertiary/aromatic N) is 1. The van der Waals surface area contributed by atoms with Crippen molar-refractivity contribution >= 4 is 22.6 Å². The second-order valence-electron chi connectivity index (χ2n) is 5.83. The lowest BCUT2D eigenvalue weighted by atomic mass is 9.88. The predicted molar refractivity (Wildman–Crippen MR) is 97.6 cm³/mol. The van der Waals surface area contributed by atoms with Crippen molar-refractivity contribution < 1.29 is 9.18 Å². The first kappa shape index (κ1) is 16.6. The van der Waals surface area contributed by atoms with Crippen LogP contribution < -0.4 is 11.5 Å². The Kier molecular flexibility index (Phi) is 4.75. The Hall–Kier alpha value is -3.21. The molecule has 0 spiro atoms. The topological polar surface area (TPSA) is 81.5 Å². The number of nitrogens with two attached hydrogens (primary N) is 2. The zero-order chi connectivity index (χ0) is 17.8. The maximum absolute atomic E-state index is 13.5. The molecule has 0 saturated heterocycles. The Bertz CT molecular complexity index is 943. The molecule has 5 heteroatoms. The first-order valence-electron chi connectivity index (χ1n) is 7.90. The fraction of sp³-hybridized carbons (Fsp3) is 0.100. The van der Waals surface area contributed by atoms with Crippen molar-refractivity contribution in [2.45, 2.75) is 12.3 Å². The van der Waals surface area contributed by atoms with Gasteiger partial charge in [0.25, 0.3) is 5.91 Å². The standard InChI is InChI=1S/C20H18FN3O/c21-15-8-3-5-13(11-15)12-18(19(25)24-20(22)23)17-10-4-7-14-6-1-2-9-16(14)17/h1-11,18H,12H2,(H4,22,23,24,25)/t18-/m1/s1. The quantitative estimate of drug-likeness (QED) is 0.568. The number of guanidine groups is 1. The van der Waals surface area contributed by atoms with Gasteiger partial charge < -0.3 is 11.5 Å². The molecule has 0 saturated carbocycles. The molecule has 0 radical (unpaired) electrons. The highest BCUT2D eigenvalue weighted by molar-refractivity contribution is 5.98. The molecule has 1 amide bonds. The minimum atomic E-state index is -0.602. The Labute approximate surface area is 145 Å². The minimum Gasteiger partial charge on any atom is -0.370 e. The fourth-order valence-electron chi connectivity index (χ4n) is 2.99. The number of halogens is 1. The third-order valence-corrected chi connectivity index (χ3v) is 4.07. The van der Waals surface area contributed by atoms with E-state index in [4.69, 9.17) is 11.5 Å². The number of rotatable bonds is 4. The van der Waals surface area contributed by atoms with E-state index < -0.39 is 11.8 Å². The average molecular weight is 335 g/mol. The van der Waals surface area contributed by atoms with Crippen molar-refractivity contribution in [2.24, 2.45) is 16.5 Å². The number of carbonyl (C=O) groups excluding carboxylic acids is 1. The third-order valence-electron chi connectivity index (χ3n) is 4.07. The van der Waals surface area contributed by atoms with E-state index in [1.54, 1.807) is 12.1 Å². The van der Waals surface area contributed by atoms with Gasteiger partial charge in [0.1, 0.15) is 5.82 Å². The van der Waals surface area contributed by atoms with Crippen LogP contribution in [-0.4, -0.2) is 11.9 Å². The van der Waals surface area contributed by atoms with E-state index in [1.165, 1.54) is 12.1 Å². The van der Waals surface area contributed by atoms with Gasteiger partial charge in [-0.2, -0.15) is 4.99 Å². The van der Waals surface area contributed by atoms with E-state index in [0.717, 1.165) is 16.3 Å². The molecule has 0 bridgehead atoms. The highest BCUT2D eigenvalue weighted by atomic mass is 19.1. The van der Waals surface area contributed by atoms with Gasteiger partial charge in [-0.25, -0.2) is 4.39 Å². The van der Waals surface area contributed by atoms with Crippen LogP contribution >= 0.6 is 0 Å². The van der Waals surface area contributed by atoms with Crippen LogP contribution in [0.1, 0.15) is 17.0 Å². The molecule has 25 heavy (non-hydrogen) atoms. The summed E-state index contributed by atoms with van der Waals surface area (Å²) in [5.74, 6) is -1.67. The molecular weight excluding hydrogens is 317 g/mol. The third kappa shape index (κ3) is 3.83. The lowest BCUT2D eigenvalue weighted by Crippen LogP contribution is -2.26. The lowest BCUT2D eigenvalue weighted by Gasteiger charge is -2.17. The summed E-state index contributed by atoms with van der Waals surface area (Å²) in [6, 6.07) is 19.7. The maximum Gasteiger partial charge on any atom is 0.256 e. The number of aliphatic imine (C=N–C) groups is 1. The van der Waals surface area contributed by atoms with Crippen LogP contribution in [0.25, 0.3) is 10.8 Å². The van der Waals surface area contributed by atoms with Crippen molar-refractivity contribution in [1.82, 2.24) is 0 Å². The van der Waals surface area contributed by atoms with Crippen molar-refractivity contribution in [3.63, 3.8) is 0 Å². The highest BCUT2D eigenvalue weighted by Gasteiger charge is 2.23. The van der Waals surface area contributed by atoms with Gasteiger partial charge in [-0.05, 0) is 40.5 Å². The molecule has 3 aromatic rings. The Morgan fingerprint density at radius 1 is 1.00 bits per heavy atom. The number of hydrogen-bond acceptors (Lipinski definition) is 1. The molecule has 1 atom stereocenters. The van der Waals surface area contributed by atoms with Gasteiger partial charge in [-0.1, -0.05) is 54.6 Å². The molecule has 0 fully saturated rings. The SMILES string of the molecule is NC(N)=NC(=O)[C@H](Cc1cccc(F)c1)c1cccc2ccccc12. The van der Waals surface area contributed by atoms with Crippen LogP contribution in [0, 0.1) is 5.82 Å². The van der Waals surface area contributed by atoms with Gasteiger partial charge in [-0.3, -0.25) is 4.79 Å². The Morgan fingerprint density at radius 3 is 2.48 bits per heavy atom. The van der Waals surface area contributed by atoms with E-state index in [-0.39, 0.29) is 11.8 Å². The average Bonchev–Trinajstić information content (AvgIpc) is 2.59. The summed E-state index contributed by atoms with van der Waals surface area (Å²) in [4.78, 5) is 16.4. The van der Waals surface area contributed by atoms with Crippen LogP contribution in [0.4, 0.5) is 4.39 Å². The molecule has 4 N–H and O–H groups in total. The molecule has 0 aliphatic rings. The van der Waals surface area contributed by atoms with E-state index in [1.807, 2.05) is 42.5 Å². The molecule has 0 aromatic heterocycles. The summed E-state index contributed by atoms with van der Waals surface area (Å²) >= 11 is 0. The van der Waals surface area contributed by atoms with E-state index in [2.05, 4.69) is 4.99 Å². The van der Waals surface area contributed by atoms with Crippen molar-refractivity contribution in [3.8, 4) is 0 Å². The van der Waals surface area contributed by atoms with Crippen molar-refractivity contribution in [3.05, 3.63) is 83.7 Å². The zero-order valence-corrected chi connectivity index (χ0v) is 13.5. The van der Waals surface area contributed by atoms with Crippen LogP contribution in [0.3, 0.4) is 0 Å². The largest absolute Gasteiger partial charge is 0.370 e. The summed E-state index contributed by atoms with van der Waals surface area (Å²) in [7, 11) is 0. The summed E-state index contributed by atoms with van der Waals surface area (Å²) in [6.45, 7) is 0. The van der Waals surface area contributed by atoms with Crippen LogP contribution in [-0.2, 0) is 11.2 Å². The normalized spacial score (nSPS) is 11.9. The molecule has 0 heterocycles. The monoisotopic (exact) mass is 335 g/mol. The number of fused-ring (bicyclic) bond motifs is 1. The summed E-state index contributed by atoms with van der Waals surface area (Å²) < 4.78 is 13.5. The van der Waals surface area contributed by atoms with Crippen molar-refractivity contribution in [2.75, 3.05) is 0 Å². The first-order valence-corrected chi connectivity index (χ1v) is 7.90. The summed E-state index contributed by atoms with van der Waals surface area (Å²) in [5.41, 5.74) is 12.3. The highest BCUT2D eigenvalue weighted by Crippen LogP contribution is 2.29. The van der Waals surface area contributed by atoms with Crippen LogP contribution in [0.15, 0.2) is 71.7 Å². The fourth-order valence-corrected chi connectivity index (χ4v) is 2.99. The van der Waals surface area contributed by atoms with E-state index in [9.17, 15) is 9.18 Å². The van der Waals surface area contributed by atoms with Gasteiger partial charge in [0.05, 0.1) is 5.92 Å². The molecule has 0 unspecified atom stereocenters. The van der Waals surface area contributed by atoms with Crippen molar-refractivity contribution in [1.29, 1.82) is 0 Å². The maximum atomic E-state index is 13.5. The molecular formula is C20H18FN3O. The molecule has 0 aliphatic heterocycles. The van der Waals surface area contributed by atoms with Gasteiger partial charge in [-0.15, -0.1) is 0 Å². The molecule has 0 aliphatic carbocycles. The van der Waals surface area contributed by atoms with Crippen LogP contribution in [0.2, 0.25) is 0 Å². The summed E-state index contributed by atoms with van der Waals surface area (Å²) in [5, 5.41) is 1.97. The number of benzene rings is 3. The van der Waals surface area contributed by atoms with E-state index >= 15 is 0 Å². The minimum absolute atomic E-state index is 0.283. The first-order chi connectivity index (χ1) is 12.0. The second kappa shape index (κ2) is 7.13. The van der Waals surface area contributed by atoms with E-state index in [0.29, 0.717) is 12.0 Å². The zero-order valence-electron chi connectivity index (χ0n) is 13.5. The van der Waals surface area contributed by atoms with Crippen LogP contribution in [0.5, 0.6) is 0 Å². The number of amides is 1. The Balaban J connectivity index is 2.10. The predicted octanol–water partition coefficient (Wildman–Crippen LogP) is 3.11. The second-order valence-corrected chi connectivity index (χ2v) is 5.83. The van der Waals surface area contributed by atoms with Gasteiger partial charge in [0.2, 0.25) is 0 Å². The number of hydrogen-bond donors (Lipinski definition) is 2. The van der Waals surface area contributed by atoms with Gasteiger partial charge in [0.15, 0.2) is 5.96 Å². The number of carbonyl (C=O) groups is 1. The molecule has 3 aromatic carbocycles.